The third-order valence-electron chi connectivity index (χ3n) is 7.81. The van der Waals surface area contributed by atoms with Crippen molar-refractivity contribution >= 4 is 76.6 Å². The second-order valence-corrected chi connectivity index (χ2v) is 11.6. The van der Waals surface area contributed by atoms with E-state index in [9.17, 15) is 14.7 Å². The van der Waals surface area contributed by atoms with E-state index in [1.165, 1.54) is 0 Å². The van der Waals surface area contributed by atoms with Gasteiger partial charge in [0.25, 0.3) is 5.91 Å². The van der Waals surface area contributed by atoms with Gasteiger partial charge in [-0.25, -0.2) is 4.79 Å². The third kappa shape index (κ3) is 3.87. The summed E-state index contributed by atoms with van der Waals surface area (Å²) >= 11 is 3.69. The molecule has 6 aromatic carbocycles. The molecular formula is C34H28BrNO3. The first-order valence-corrected chi connectivity index (χ1v) is 14.0. The molecule has 0 aliphatic heterocycles. The molecule has 0 bridgehead atoms. The summed E-state index contributed by atoms with van der Waals surface area (Å²) in [7, 11) is 0. The van der Waals surface area contributed by atoms with Crippen LogP contribution in [0.15, 0.2) is 77.3 Å². The highest BCUT2D eigenvalue weighted by atomic mass is 79.9. The Morgan fingerprint density at radius 3 is 1.77 bits per heavy atom. The number of amides is 1. The van der Waals surface area contributed by atoms with E-state index in [0.29, 0.717) is 10.9 Å². The van der Waals surface area contributed by atoms with Gasteiger partial charge >= 0.3 is 5.97 Å². The van der Waals surface area contributed by atoms with E-state index >= 15 is 0 Å². The van der Waals surface area contributed by atoms with Crippen LogP contribution in [-0.4, -0.2) is 17.0 Å². The number of carboxylic acid groups (broad SMARTS) is 1. The summed E-state index contributed by atoms with van der Waals surface area (Å²) in [6.07, 6.45) is 0. The van der Waals surface area contributed by atoms with Gasteiger partial charge < -0.3 is 10.4 Å². The second kappa shape index (κ2) is 9.35. The molecule has 1 amide bonds. The van der Waals surface area contributed by atoms with Gasteiger partial charge in [0.1, 0.15) is 0 Å². The molecule has 2 N–H and O–H groups in total. The molecule has 0 radical (unpaired) electrons. The standard InChI is InChI=1S/C34H28BrNO3/c1-17(2)19-7-5-8-20(18(3)4)32(19)36-33(37)26-13-11-23-21-9-6-10-25-28(35)16-15-22(29(21)25)24-12-14-27(34(38)39)31(26)30(23)24/h5-18H,1-4H3,(H,36,37)(H,38,39). The predicted molar refractivity (Wildman–Crippen MR) is 165 cm³/mol. The molecule has 0 atom stereocenters. The van der Waals surface area contributed by atoms with E-state index in [1.807, 2.05) is 42.5 Å². The van der Waals surface area contributed by atoms with E-state index in [0.717, 1.165) is 59.0 Å². The van der Waals surface area contributed by atoms with Crippen LogP contribution >= 0.6 is 15.9 Å². The topological polar surface area (TPSA) is 66.4 Å². The minimum absolute atomic E-state index is 0.120. The van der Waals surface area contributed by atoms with Crippen molar-refractivity contribution in [3.05, 3.63) is 99.5 Å². The van der Waals surface area contributed by atoms with Gasteiger partial charge in [-0.2, -0.15) is 0 Å². The summed E-state index contributed by atoms with van der Waals surface area (Å²) in [5.74, 6) is -0.948. The Balaban J connectivity index is 1.67. The lowest BCUT2D eigenvalue weighted by Gasteiger charge is -2.21. The number of fused-ring (bicyclic) bond motifs is 2. The highest BCUT2D eigenvalue weighted by Crippen LogP contribution is 2.44. The van der Waals surface area contributed by atoms with Crippen LogP contribution in [0.4, 0.5) is 5.69 Å². The average Bonchev–Trinajstić information content (AvgIpc) is 2.91. The lowest BCUT2D eigenvalue weighted by Crippen LogP contribution is -2.17. The first-order chi connectivity index (χ1) is 18.7. The maximum absolute atomic E-state index is 14.1. The molecule has 0 aromatic heterocycles. The quantitative estimate of drug-likeness (QED) is 0.158. The second-order valence-electron chi connectivity index (χ2n) is 10.8. The predicted octanol–water partition coefficient (Wildman–Crippen LogP) is 9.70. The highest BCUT2D eigenvalue weighted by molar-refractivity contribution is 9.10. The maximum atomic E-state index is 14.1. The molecule has 0 heterocycles. The van der Waals surface area contributed by atoms with Gasteiger partial charge in [-0.1, -0.05) is 98.2 Å². The number of halogens is 1. The summed E-state index contributed by atoms with van der Waals surface area (Å²) in [5, 5.41) is 20.8. The number of carbonyl (C=O) groups excluding carboxylic acids is 1. The molecule has 0 spiro atoms. The van der Waals surface area contributed by atoms with Crippen molar-refractivity contribution in [1.82, 2.24) is 0 Å². The molecule has 39 heavy (non-hydrogen) atoms. The lowest BCUT2D eigenvalue weighted by atomic mass is 9.86. The molecule has 0 saturated carbocycles. The largest absolute Gasteiger partial charge is 0.478 e. The van der Waals surface area contributed by atoms with Gasteiger partial charge in [-0.15, -0.1) is 0 Å². The monoisotopic (exact) mass is 577 g/mol. The summed E-state index contributed by atoms with van der Waals surface area (Å²) in [6, 6.07) is 23.6. The molecule has 0 aliphatic rings. The van der Waals surface area contributed by atoms with Gasteiger partial charge in [0.05, 0.1) is 5.56 Å². The van der Waals surface area contributed by atoms with Crippen LogP contribution in [0, 0.1) is 0 Å². The Morgan fingerprint density at radius 2 is 1.15 bits per heavy atom. The van der Waals surface area contributed by atoms with Crippen molar-refractivity contribution in [3.8, 4) is 0 Å². The number of benzene rings is 6. The Hall–Kier alpha value is -3.96. The van der Waals surface area contributed by atoms with E-state index in [4.69, 9.17) is 0 Å². The Kier molecular flexibility index (Phi) is 6.07. The number of hydrogen-bond donors (Lipinski definition) is 2. The number of para-hydroxylation sites is 1. The smallest absolute Gasteiger partial charge is 0.336 e. The van der Waals surface area contributed by atoms with Crippen molar-refractivity contribution in [1.29, 1.82) is 0 Å². The molecule has 4 nitrogen and oxygen atoms in total. The Morgan fingerprint density at radius 1 is 0.641 bits per heavy atom. The van der Waals surface area contributed by atoms with Crippen molar-refractivity contribution in [2.75, 3.05) is 5.32 Å². The lowest BCUT2D eigenvalue weighted by molar-refractivity contribution is 0.0699. The number of carbonyl (C=O) groups is 2. The van der Waals surface area contributed by atoms with Crippen molar-refractivity contribution < 1.29 is 14.7 Å². The van der Waals surface area contributed by atoms with Gasteiger partial charge in [0.15, 0.2) is 0 Å². The zero-order valence-corrected chi connectivity index (χ0v) is 23.8. The molecule has 194 valence electrons. The van der Waals surface area contributed by atoms with E-state index in [2.05, 4.69) is 67.1 Å². The van der Waals surface area contributed by atoms with E-state index < -0.39 is 5.97 Å². The van der Waals surface area contributed by atoms with E-state index in [-0.39, 0.29) is 23.3 Å². The van der Waals surface area contributed by atoms with Crippen LogP contribution in [0.5, 0.6) is 0 Å². The molecule has 0 unspecified atom stereocenters. The van der Waals surface area contributed by atoms with Crippen LogP contribution in [0.25, 0.3) is 43.1 Å². The molecule has 6 aromatic rings. The number of rotatable bonds is 5. The molecule has 0 fully saturated rings. The van der Waals surface area contributed by atoms with Crippen LogP contribution in [0.1, 0.15) is 71.4 Å². The number of hydrogen-bond acceptors (Lipinski definition) is 2. The zero-order valence-electron chi connectivity index (χ0n) is 22.2. The zero-order chi connectivity index (χ0) is 27.6. The highest BCUT2D eigenvalue weighted by Gasteiger charge is 2.24. The van der Waals surface area contributed by atoms with Crippen LogP contribution in [0.3, 0.4) is 0 Å². The van der Waals surface area contributed by atoms with Crippen LogP contribution in [-0.2, 0) is 0 Å². The maximum Gasteiger partial charge on any atom is 0.336 e. The van der Waals surface area contributed by atoms with Crippen molar-refractivity contribution in [3.63, 3.8) is 0 Å². The first-order valence-electron chi connectivity index (χ1n) is 13.2. The number of nitrogens with one attached hydrogen (secondary N) is 1. The fourth-order valence-electron chi connectivity index (χ4n) is 6.01. The Labute approximate surface area is 235 Å². The molecule has 6 rings (SSSR count). The summed E-state index contributed by atoms with van der Waals surface area (Å²) < 4.78 is 1.01. The number of aromatic carboxylic acids is 1. The van der Waals surface area contributed by atoms with Crippen LogP contribution in [0.2, 0.25) is 0 Å². The SMILES string of the molecule is CC(C)c1cccc(C(C)C)c1NC(=O)c1ccc2c3cccc4c(Br)ccc(c5ccc(C(=O)O)c1c52)c43. The molecule has 5 heteroatoms. The number of anilines is 1. The van der Waals surface area contributed by atoms with Gasteiger partial charge in [-0.05, 0) is 78.9 Å². The molecular weight excluding hydrogens is 550 g/mol. The van der Waals surface area contributed by atoms with Crippen molar-refractivity contribution in [2.24, 2.45) is 0 Å². The fraction of sp³-hybridized carbons (Fsp3) is 0.176. The third-order valence-corrected chi connectivity index (χ3v) is 8.51. The summed E-state index contributed by atoms with van der Waals surface area (Å²) in [4.78, 5) is 26.6. The molecule has 0 saturated heterocycles. The molecule has 0 aliphatic carbocycles. The van der Waals surface area contributed by atoms with E-state index in [1.54, 1.807) is 12.1 Å². The van der Waals surface area contributed by atoms with Gasteiger partial charge in [0, 0.05) is 21.1 Å². The average molecular weight is 579 g/mol. The summed E-state index contributed by atoms with van der Waals surface area (Å²) in [5.41, 5.74) is 3.40. The minimum Gasteiger partial charge on any atom is -0.478 e. The fourth-order valence-corrected chi connectivity index (χ4v) is 6.47. The van der Waals surface area contributed by atoms with Crippen LogP contribution < -0.4 is 5.32 Å². The van der Waals surface area contributed by atoms with Gasteiger partial charge in [0.2, 0.25) is 0 Å². The normalized spacial score (nSPS) is 12.0. The number of carboxylic acids is 1. The van der Waals surface area contributed by atoms with Gasteiger partial charge in [-0.3, -0.25) is 4.79 Å². The minimum atomic E-state index is -1.06. The Bertz CT molecular complexity index is 1910. The first kappa shape index (κ1) is 25.3. The van der Waals surface area contributed by atoms with Crippen molar-refractivity contribution in [2.45, 2.75) is 39.5 Å². The summed E-state index contributed by atoms with van der Waals surface area (Å²) in [6.45, 7) is 8.43.